The van der Waals surface area contributed by atoms with Gasteiger partial charge in [0.05, 0.1) is 12.0 Å². The van der Waals surface area contributed by atoms with Crippen LogP contribution < -0.4 is 4.74 Å². The Balaban J connectivity index is 2.40. The van der Waals surface area contributed by atoms with Gasteiger partial charge < -0.3 is 9.84 Å². The topological polar surface area (TPSA) is 87.4 Å². The van der Waals surface area contributed by atoms with Crippen LogP contribution in [0.25, 0.3) is 0 Å². The zero-order valence-electron chi connectivity index (χ0n) is 12.6. The molecule has 0 bridgehead atoms. The molecule has 116 valence electrons. The molecule has 0 spiro atoms. The van der Waals surface area contributed by atoms with E-state index in [1.54, 1.807) is 6.07 Å². The summed E-state index contributed by atoms with van der Waals surface area (Å²) < 4.78 is 5.68. The van der Waals surface area contributed by atoms with Crippen LogP contribution in [0, 0.1) is 11.3 Å². The van der Waals surface area contributed by atoms with Gasteiger partial charge in [0, 0.05) is 11.1 Å². The molecule has 5 heteroatoms. The Morgan fingerprint density at radius 1 is 1.17 bits per heavy atom. The van der Waals surface area contributed by atoms with Gasteiger partial charge in [0.1, 0.15) is 18.4 Å². The number of ketones is 1. The van der Waals surface area contributed by atoms with E-state index in [1.165, 1.54) is 13.0 Å². The van der Waals surface area contributed by atoms with Gasteiger partial charge in [0.2, 0.25) is 0 Å². The van der Waals surface area contributed by atoms with Crippen molar-refractivity contribution in [1.29, 1.82) is 5.26 Å². The average Bonchev–Trinajstić information content (AvgIpc) is 2.53. The molecule has 0 atom stereocenters. The summed E-state index contributed by atoms with van der Waals surface area (Å²) in [6, 6.07) is 14.3. The highest BCUT2D eigenvalue weighted by molar-refractivity contribution is 5.97. The van der Waals surface area contributed by atoms with Gasteiger partial charge >= 0.3 is 5.97 Å². The van der Waals surface area contributed by atoms with E-state index in [4.69, 9.17) is 9.84 Å². The van der Waals surface area contributed by atoms with Crippen molar-refractivity contribution >= 4 is 11.8 Å². The predicted octanol–water partition coefficient (Wildman–Crippen LogP) is 2.97. The van der Waals surface area contributed by atoms with Crippen molar-refractivity contribution in [2.24, 2.45) is 0 Å². The minimum absolute atomic E-state index is 0.0606. The molecule has 23 heavy (non-hydrogen) atoms. The Labute approximate surface area is 133 Å². The van der Waals surface area contributed by atoms with E-state index in [0.29, 0.717) is 5.75 Å². The highest BCUT2D eigenvalue weighted by Crippen LogP contribution is 2.27. The largest absolute Gasteiger partial charge is 0.489 e. The molecule has 0 aliphatic carbocycles. The van der Waals surface area contributed by atoms with E-state index in [2.05, 4.69) is 0 Å². The Morgan fingerprint density at radius 2 is 1.87 bits per heavy atom. The summed E-state index contributed by atoms with van der Waals surface area (Å²) in [6.45, 7) is 1.59. The maximum atomic E-state index is 11.6. The van der Waals surface area contributed by atoms with E-state index in [9.17, 15) is 14.9 Å². The number of carboxylic acid groups (broad SMARTS) is 1. The van der Waals surface area contributed by atoms with E-state index in [-0.39, 0.29) is 35.5 Å². The summed E-state index contributed by atoms with van der Waals surface area (Å²) in [6.07, 6.45) is -0.381. The zero-order chi connectivity index (χ0) is 16.8. The zero-order valence-corrected chi connectivity index (χ0v) is 12.6. The lowest BCUT2D eigenvalue weighted by Gasteiger charge is -2.14. The van der Waals surface area contributed by atoms with Crippen LogP contribution in [0.4, 0.5) is 0 Å². The molecule has 5 nitrogen and oxygen atoms in total. The molecule has 0 aliphatic heterocycles. The lowest BCUT2D eigenvalue weighted by atomic mass is 9.96. The first-order valence-electron chi connectivity index (χ1n) is 6.98. The van der Waals surface area contributed by atoms with E-state index in [0.717, 1.165) is 5.56 Å². The first kappa shape index (κ1) is 16.2. The van der Waals surface area contributed by atoms with Crippen LogP contribution in [0.15, 0.2) is 42.5 Å². The normalized spacial score (nSPS) is 9.91. The molecule has 0 saturated carbocycles. The number of nitrogens with zero attached hydrogens (tertiary/aromatic N) is 1. The van der Waals surface area contributed by atoms with Crippen molar-refractivity contribution in [3.8, 4) is 11.8 Å². The van der Waals surface area contributed by atoms with Gasteiger partial charge in [-0.15, -0.1) is 0 Å². The van der Waals surface area contributed by atoms with Crippen LogP contribution in [0.3, 0.4) is 0 Å². The molecule has 0 fully saturated rings. The van der Waals surface area contributed by atoms with Crippen LogP contribution in [-0.2, 0) is 17.8 Å². The van der Waals surface area contributed by atoms with Crippen LogP contribution >= 0.6 is 0 Å². The van der Waals surface area contributed by atoms with Crippen molar-refractivity contribution in [3.63, 3.8) is 0 Å². The minimum Gasteiger partial charge on any atom is -0.489 e. The van der Waals surface area contributed by atoms with Gasteiger partial charge in [-0.05, 0) is 24.6 Å². The number of ether oxygens (including phenoxy) is 1. The highest BCUT2D eigenvalue weighted by atomic mass is 16.5. The maximum absolute atomic E-state index is 11.6. The average molecular weight is 309 g/mol. The van der Waals surface area contributed by atoms with Crippen LogP contribution in [-0.4, -0.2) is 16.9 Å². The Morgan fingerprint density at radius 3 is 2.43 bits per heavy atom. The lowest BCUT2D eigenvalue weighted by Crippen LogP contribution is -2.09. The number of rotatable bonds is 6. The van der Waals surface area contributed by atoms with Crippen molar-refractivity contribution in [2.75, 3.05) is 0 Å². The van der Waals surface area contributed by atoms with E-state index in [1.807, 2.05) is 36.4 Å². The first-order valence-corrected chi connectivity index (χ1v) is 6.98. The molecule has 0 aromatic heterocycles. The third kappa shape index (κ3) is 3.95. The second kappa shape index (κ2) is 7.23. The number of aliphatic carboxylic acids is 1. The number of Topliss-reactive ketones (excluding diaryl/α,β-unsaturated/α-hetero) is 1. The number of hydrogen-bond donors (Lipinski definition) is 1. The summed E-state index contributed by atoms with van der Waals surface area (Å²) >= 11 is 0. The summed E-state index contributed by atoms with van der Waals surface area (Å²) in [5.41, 5.74) is 1.41. The molecule has 0 heterocycles. The fourth-order valence-electron chi connectivity index (χ4n) is 2.25. The summed E-state index contributed by atoms with van der Waals surface area (Å²) in [5.74, 6) is -1.08. The molecule has 0 radical (unpaired) electrons. The van der Waals surface area contributed by atoms with Crippen LogP contribution in [0.2, 0.25) is 0 Å². The molecule has 1 N–H and O–H groups in total. The lowest BCUT2D eigenvalue weighted by molar-refractivity contribution is -0.136. The predicted molar refractivity (Wildman–Crippen MR) is 83.3 cm³/mol. The molecule has 0 amide bonds. The fraction of sp³-hybridized carbons (Fsp3) is 0.167. The minimum atomic E-state index is -1.09. The van der Waals surface area contributed by atoms with Crippen molar-refractivity contribution in [1.82, 2.24) is 0 Å². The van der Waals surface area contributed by atoms with Gasteiger partial charge in [0.25, 0.3) is 0 Å². The van der Waals surface area contributed by atoms with Crippen LogP contribution in [0.5, 0.6) is 5.75 Å². The second-order valence-corrected chi connectivity index (χ2v) is 4.98. The maximum Gasteiger partial charge on any atom is 0.308 e. The number of carbonyl (C=O) groups excluding carboxylic acids is 1. The number of nitriles is 1. The number of carboxylic acids is 1. The summed E-state index contributed by atoms with van der Waals surface area (Å²) in [4.78, 5) is 22.7. The Bertz CT molecular complexity index is 776. The first-order chi connectivity index (χ1) is 11.0. The quantitative estimate of drug-likeness (QED) is 0.829. The highest BCUT2D eigenvalue weighted by Gasteiger charge is 2.19. The van der Waals surface area contributed by atoms with Gasteiger partial charge in [-0.3, -0.25) is 9.59 Å². The monoisotopic (exact) mass is 309 g/mol. The van der Waals surface area contributed by atoms with Crippen LogP contribution in [0.1, 0.15) is 34.0 Å². The molecule has 0 aliphatic rings. The number of hydrogen-bond acceptors (Lipinski definition) is 4. The molecule has 2 rings (SSSR count). The molecule has 0 saturated heterocycles. The Hall–Kier alpha value is -3.13. The smallest absolute Gasteiger partial charge is 0.308 e. The van der Waals surface area contributed by atoms with Crippen molar-refractivity contribution < 1.29 is 19.4 Å². The third-order valence-electron chi connectivity index (χ3n) is 3.33. The van der Waals surface area contributed by atoms with Gasteiger partial charge in [0.15, 0.2) is 5.78 Å². The molecular weight excluding hydrogens is 294 g/mol. The molecule has 2 aromatic carbocycles. The molecule has 2 aromatic rings. The van der Waals surface area contributed by atoms with Crippen molar-refractivity contribution in [3.05, 3.63) is 64.7 Å². The van der Waals surface area contributed by atoms with E-state index < -0.39 is 5.97 Å². The Kier molecular flexibility index (Phi) is 5.11. The van der Waals surface area contributed by atoms with Crippen molar-refractivity contribution in [2.45, 2.75) is 20.0 Å². The third-order valence-corrected chi connectivity index (χ3v) is 3.33. The summed E-state index contributed by atoms with van der Waals surface area (Å²) in [7, 11) is 0. The fourth-order valence-corrected chi connectivity index (χ4v) is 2.25. The molecular formula is C18H15NO4. The van der Waals surface area contributed by atoms with Gasteiger partial charge in [-0.2, -0.15) is 5.26 Å². The van der Waals surface area contributed by atoms with E-state index >= 15 is 0 Å². The SMILES string of the molecule is CC(=O)c1ccc(OCc2ccccc2)c(CC(=O)O)c1C#N. The standard InChI is InChI=1S/C18H15NO4/c1-12(20)14-7-8-17(15(9-18(21)22)16(14)10-19)23-11-13-5-3-2-4-6-13/h2-8H,9,11H2,1H3,(H,21,22). The van der Waals surface area contributed by atoms with Gasteiger partial charge in [-0.25, -0.2) is 0 Å². The second-order valence-electron chi connectivity index (χ2n) is 4.98. The summed E-state index contributed by atoms with van der Waals surface area (Å²) in [5, 5.41) is 18.4. The number of carbonyl (C=O) groups is 2. The molecule has 0 unspecified atom stereocenters. The van der Waals surface area contributed by atoms with Gasteiger partial charge in [-0.1, -0.05) is 30.3 Å². The number of benzene rings is 2.